The van der Waals surface area contributed by atoms with Gasteiger partial charge in [-0.25, -0.2) is 12.7 Å². The number of piperidine rings is 1. The van der Waals surface area contributed by atoms with Gasteiger partial charge in [0, 0.05) is 24.6 Å². The molecule has 1 fully saturated rings. The maximum absolute atomic E-state index is 12.3. The van der Waals surface area contributed by atoms with Gasteiger partial charge >= 0.3 is 0 Å². The Morgan fingerprint density at radius 1 is 1.23 bits per heavy atom. The Hall–Kier alpha value is -1.93. The van der Waals surface area contributed by atoms with Crippen molar-refractivity contribution in [1.82, 2.24) is 14.4 Å². The minimum atomic E-state index is -3.14. The number of aromatic nitrogens is 2. The second-order valence-corrected chi connectivity index (χ2v) is 8.62. The number of rotatable bonds is 7. The van der Waals surface area contributed by atoms with E-state index >= 15 is 0 Å². The van der Waals surface area contributed by atoms with Crippen LogP contribution < -0.4 is 4.74 Å². The van der Waals surface area contributed by atoms with Crippen molar-refractivity contribution in [3.05, 3.63) is 30.2 Å². The zero-order valence-corrected chi connectivity index (χ0v) is 16.0. The van der Waals surface area contributed by atoms with Crippen molar-refractivity contribution in [2.45, 2.75) is 38.5 Å². The summed E-state index contributed by atoms with van der Waals surface area (Å²) in [7, 11) is -1.52. The molecule has 1 saturated heterocycles. The van der Waals surface area contributed by atoms with Gasteiger partial charge in [-0.2, -0.15) is 4.98 Å². The summed E-state index contributed by atoms with van der Waals surface area (Å²) in [6, 6.07) is 7.47. The third kappa shape index (κ3) is 4.24. The molecule has 26 heavy (non-hydrogen) atoms. The molecule has 0 spiro atoms. The fraction of sp³-hybridized carbons (Fsp3) is 0.556. The van der Waals surface area contributed by atoms with Crippen molar-refractivity contribution in [3.8, 4) is 17.1 Å². The fourth-order valence-corrected chi connectivity index (χ4v) is 4.77. The van der Waals surface area contributed by atoms with Gasteiger partial charge < -0.3 is 9.26 Å². The van der Waals surface area contributed by atoms with Crippen molar-refractivity contribution in [2.75, 3.05) is 26.0 Å². The second-order valence-electron chi connectivity index (χ2n) is 6.53. The molecule has 7 nitrogen and oxygen atoms in total. The predicted octanol–water partition coefficient (Wildman–Crippen LogP) is 3.05. The van der Waals surface area contributed by atoms with E-state index in [1.165, 1.54) is 0 Å². The van der Waals surface area contributed by atoms with Crippen LogP contribution in [0, 0.1) is 0 Å². The summed E-state index contributed by atoms with van der Waals surface area (Å²) in [6.07, 6.45) is 2.99. The number of ether oxygens (including phenoxy) is 1. The molecule has 0 radical (unpaired) electrons. The van der Waals surface area contributed by atoms with Crippen LogP contribution in [0.1, 0.15) is 44.4 Å². The van der Waals surface area contributed by atoms with Crippen LogP contribution in [0.4, 0.5) is 0 Å². The van der Waals surface area contributed by atoms with Crippen LogP contribution in [-0.4, -0.2) is 48.8 Å². The van der Waals surface area contributed by atoms with Crippen LogP contribution in [0.5, 0.6) is 5.75 Å². The SMILES string of the molecule is CCCCS(=O)(=O)N1CCC(c2nc(-c3ccc(OC)cc3)no2)CC1. The lowest BCUT2D eigenvalue weighted by Gasteiger charge is -2.29. The number of unbranched alkanes of at least 4 members (excludes halogenated alkanes) is 1. The number of nitrogens with zero attached hydrogens (tertiary/aromatic N) is 3. The van der Waals surface area contributed by atoms with Crippen molar-refractivity contribution in [3.63, 3.8) is 0 Å². The molecule has 8 heteroatoms. The van der Waals surface area contributed by atoms with E-state index in [0.29, 0.717) is 44.1 Å². The van der Waals surface area contributed by atoms with Gasteiger partial charge in [-0.15, -0.1) is 0 Å². The Labute approximate surface area is 154 Å². The Bertz CT molecular complexity index is 809. The molecule has 0 bridgehead atoms. The van der Waals surface area contributed by atoms with Gasteiger partial charge in [0.2, 0.25) is 21.7 Å². The first-order chi connectivity index (χ1) is 12.5. The van der Waals surface area contributed by atoms with E-state index in [4.69, 9.17) is 9.26 Å². The Morgan fingerprint density at radius 2 is 1.92 bits per heavy atom. The topological polar surface area (TPSA) is 85.5 Å². The Morgan fingerprint density at radius 3 is 2.54 bits per heavy atom. The molecule has 2 heterocycles. The predicted molar refractivity (Wildman–Crippen MR) is 98.5 cm³/mol. The molecule has 0 saturated carbocycles. The van der Waals surface area contributed by atoms with Gasteiger partial charge in [-0.05, 0) is 43.5 Å². The van der Waals surface area contributed by atoms with Gasteiger partial charge in [0.1, 0.15) is 5.75 Å². The van der Waals surface area contributed by atoms with E-state index in [2.05, 4.69) is 10.1 Å². The Balaban J connectivity index is 1.62. The van der Waals surface area contributed by atoms with Crippen molar-refractivity contribution in [1.29, 1.82) is 0 Å². The zero-order valence-electron chi connectivity index (χ0n) is 15.2. The minimum Gasteiger partial charge on any atom is -0.497 e. The van der Waals surface area contributed by atoms with Crippen molar-refractivity contribution in [2.24, 2.45) is 0 Å². The maximum atomic E-state index is 12.3. The van der Waals surface area contributed by atoms with E-state index in [1.54, 1.807) is 11.4 Å². The summed E-state index contributed by atoms with van der Waals surface area (Å²) in [5.74, 6) is 2.24. The van der Waals surface area contributed by atoms with Crippen LogP contribution >= 0.6 is 0 Å². The van der Waals surface area contributed by atoms with Crippen LogP contribution in [0.2, 0.25) is 0 Å². The van der Waals surface area contributed by atoms with Crippen LogP contribution in [0.3, 0.4) is 0 Å². The molecule has 1 aliphatic heterocycles. The van der Waals surface area contributed by atoms with E-state index in [1.807, 2.05) is 31.2 Å². The summed E-state index contributed by atoms with van der Waals surface area (Å²) in [6.45, 7) is 3.02. The summed E-state index contributed by atoms with van der Waals surface area (Å²) in [5, 5.41) is 4.07. The molecule has 1 aromatic heterocycles. The van der Waals surface area contributed by atoms with E-state index in [9.17, 15) is 8.42 Å². The van der Waals surface area contributed by atoms with Crippen molar-refractivity contribution < 1.29 is 17.7 Å². The fourth-order valence-electron chi connectivity index (χ4n) is 3.10. The molecule has 0 N–H and O–H groups in total. The van der Waals surface area contributed by atoms with Gasteiger partial charge in [-0.3, -0.25) is 0 Å². The zero-order chi connectivity index (χ0) is 18.6. The molecule has 0 aliphatic carbocycles. The lowest BCUT2D eigenvalue weighted by molar-refractivity contribution is 0.270. The van der Waals surface area contributed by atoms with Gasteiger partial charge in [0.15, 0.2) is 0 Å². The van der Waals surface area contributed by atoms with Gasteiger partial charge in [0.05, 0.1) is 12.9 Å². The third-order valence-electron chi connectivity index (χ3n) is 4.74. The van der Waals surface area contributed by atoms with Gasteiger partial charge in [0.25, 0.3) is 0 Å². The summed E-state index contributed by atoms with van der Waals surface area (Å²) < 4.78 is 36.8. The highest BCUT2D eigenvalue weighted by molar-refractivity contribution is 7.89. The lowest BCUT2D eigenvalue weighted by atomic mass is 9.98. The first kappa shape index (κ1) is 18.8. The molecule has 2 aromatic rings. The minimum absolute atomic E-state index is 0.104. The van der Waals surface area contributed by atoms with E-state index in [0.717, 1.165) is 17.7 Å². The third-order valence-corrected chi connectivity index (χ3v) is 6.70. The first-order valence-corrected chi connectivity index (χ1v) is 10.6. The maximum Gasteiger partial charge on any atom is 0.230 e. The largest absolute Gasteiger partial charge is 0.497 e. The molecule has 1 aliphatic rings. The molecule has 3 rings (SSSR count). The Kier molecular flexibility index (Phi) is 5.93. The highest BCUT2D eigenvalue weighted by atomic mass is 32.2. The number of hydrogen-bond donors (Lipinski definition) is 0. The van der Waals surface area contributed by atoms with Crippen LogP contribution in [0.25, 0.3) is 11.4 Å². The number of methoxy groups -OCH3 is 1. The average Bonchev–Trinajstić information content (AvgIpc) is 3.17. The monoisotopic (exact) mass is 379 g/mol. The standard InChI is InChI=1S/C18H25N3O4S/c1-3-4-13-26(22,23)21-11-9-15(10-12-21)18-19-17(20-25-18)14-5-7-16(24-2)8-6-14/h5-8,15H,3-4,9-13H2,1-2H3. The molecule has 0 atom stereocenters. The second kappa shape index (κ2) is 8.18. The smallest absolute Gasteiger partial charge is 0.230 e. The highest BCUT2D eigenvalue weighted by Crippen LogP contribution is 2.30. The first-order valence-electron chi connectivity index (χ1n) is 8.99. The van der Waals surface area contributed by atoms with Crippen molar-refractivity contribution >= 4 is 10.0 Å². The number of benzene rings is 1. The molecule has 0 unspecified atom stereocenters. The van der Waals surface area contributed by atoms with E-state index < -0.39 is 10.0 Å². The average molecular weight is 379 g/mol. The molecule has 142 valence electrons. The molecule has 0 amide bonds. The van der Waals surface area contributed by atoms with E-state index in [-0.39, 0.29) is 11.7 Å². The summed E-state index contributed by atoms with van der Waals surface area (Å²) in [4.78, 5) is 4.51. The van der Waals surface area contributed by atoms with Crippen LogP contribution in [-0.2, 0) is 10.0 Å². The molecule has 1 aromatic carbocycles. The van der Waals surface area contributed by atoms with Crippen LogP contribution in [0.15, 0.2) is 28.8 Å². The molecular weight excluding hydrogens is 354 g/mol. The summed E-state index contributed by atoms with van der Waals surface area (Å²) in [5.41, 5.74) is 0.861. The lowest BCUT2D eigenvalue weighted by Crippen LogP contribution is -2.39. The number of sulfonamides is 1. The quantitative estimate of drug-likeness (QED) is 0.735. The molecular formula is C18H25N3O4S. The normalized spacial score (nSPS) is 16.7. The summed E-state index contributed by atoms with van der Waals surface area (Å²) >= 11 is 0. The highest BCUT2D eigenvalue weighted by Gasteiger charge is 2.30. The number of hydrogen-bond acceptors (Lipinski definition) is 6. The van der Waals surface area contributed by atoms with Gasteiger partial charge in [-0.1, -0.05) is 18.5 Å².